The van der Waals surface area contributed by atoms with Crippen molar-refractivity contribution in [3.8, 4) is 0 Å². The van der Waals surface area contributed by atoms with E-state index in [2.05, 4.69) is 43.9 Å². The first-order valence-corrected chi connectivity index (χ1v) is 15.8. The van der Waals surface area contributed by atoms with Crippen LogP contribution in [0.5, 0.6) is 0 Å². The second kappa shape index (κ2) is 10.3. The van der Waals surface area contributed by atoms with Gasteiger partial charge in [-0.25, -0.2) is 5.48 Å². The average molecular weight is 311 g/mol. The summed E-state index contributed by atoms with van der Waals surface area (Å²) in [6, 6.07) is 0. The molecule has 0 spiro atoms. The molecule has 0 saturated carbocycles. The van der Waals surface area contributed by atoms with Gasteiger partial charge >= 0.3 is 8.08 Å². The Bertz CT molecular complexity index is 211. The lowest BCUT2D eigenvalue weighted by atomic mass is 10.5. The highest BCUT2D eigenvalue weighted by Gasteiger charge is 2.39. The molecule has 0 bridgehead atoms. The zero-order chi connectivity index (χ0) is 14.0. The highest BCUT2D eigenvalue weighted by molar-refractivity contribution is 7.25. The fourth-order valence-electron chi connectivity index (χ4n) is 1.22. The zero-order valence-corrected chi connectivity index (χ0v) is 15.8. The third-order valence-corrected chi connectivity index (χ3v) is 12.9. The molecule has 0 amide bonds. The lowest BCUT2D eigenvalue weighted by Gasteiger charge is -2.28. The van der Waals surface area contributed by atoms with Gasteiger partial charge in [0.1, 0.15) is 0 Å². The summed E-state index contributed by atoms with van der Waals surface area (Å²) < 4.78 is 11.3. The molecule has 1 atom stereocenters. The topological polar surface area (TPSA) is 62.8 Å². The summed E-state index contributed by atoms with van der Waals surface area (Å²) in [7, 11) is -4.97. The summed E-state index contributed by atoms with van der Waals surface area (Å²) in [4.78, 5) is 10.5. The third kappa shape index (κ3) is 8.53. The molecule has 0 fully saturated rings. The molecule has 0 aromatic carbocycles. The summed E-state index contributed by atoms with van der Waals surface area (Å²) in [5, 5.41) is 3.28. The molecule has 0 aromatic rings. The van der Waals surface area contributed by atoms with Gasteiger partial charge in [0.25, 0.3) is 0 Å². The van der Waals surface area contributed by atoms with Crippen molar-refractivity contribution < 1.29 is 13.7 Å². The van der Waals surface area contributed by atoms with E-state index in [1.54, 1.807) is 0 Å². The molecule has 5 nitrogen and oxygen atoms in total. The largest absolute Gasteiger partial charge is 0.419 e. The molecule has 0 radical (unpaired) electrons. The molecule has 0 aliphatic heterocycles. The fraction of sp³-hybridized carbons (Fsp3) is 1.00. The van der Waals surface area contributed by atoms with E-state index in [1.165, 1.54) is 0 Å². The molecule has 0 heterocycles. The quantitative estimate of drug-likeness (QED) is 0.286. The maximum atomic E-state index is 10.5. The van der Waals surface area contributed by atoms with Crippen LogP contribution in [0, 0.1) is 0 Å². The van der Waals surface area contributed by atoms with E-state index in [1.807, 2.05) is 0 Å². The van der Waals surface area contributed by atoms with Crippen LogP contribution >= 0.6 is 0 Å². The molecule has 18 heavy (non-hydrogen) atoms. The highest BCUT2D eigenvalue weighted by Crippen LogP contribution is 2.06. The molecular weight excluding hydrogens is 280 g/mol. The lowest BCUT2D eigenvalue weighted by Crippen LogP contribution is -2.59. The van der Waals surface area contributed by atoms with Crippen molar-refractivity contribution in [3.05, 3.63) is 0 Å². The van der Waals surface area contributed by atoms with Crippen molar-refractivity contribution in [1.82, 2.24) is 10.8 Å². The van der Waals surface area contributed by atoms with Gasteiger partial charge in [0.2, 0.25) is 0 Å². The number of hydrogen-bond donors (Lipinski definition) is 3. The van der Waals surface area contributed by atoms with Gasteiger partial charge < -0.3 is 19.1 Å². The minimum Gasteiger partial charge on any atom is -0.419 e. The Morgan fingerprint density at radius 1 is 1.11 bits per heavy atom. The maximum absolute atomic E-state index is 10.5. The van der Waals surface area contributed by atoms with Crippen molar-refractivity contribution >= 4 is 25.4 Å². The minimum atomic E-state index is -2.65. The van der Waals surface area contributed by atoms with Crippen LogP contribution in [0.1, 0.15) is 13.3 Å². The fourth-order valence-corrected chi connectivity index (χ4v) is 7.31. The number of hydrogen-bond acceptors (Lipinski definition) is 5. The Hall–Kier alpha value is 0.451. The van der Waals surface area contributed by atoms with Gasteiger partial charge in [-0.15, -0.1) is 0 Å². The Kier molecular flexibility index (Phi) is 10.5. The Morgan fingerprint density at radius 2 is 1.78 bits per heavy atom. The third-order valence-electron chi connectivity index (χ3n) is 2.61. The second-order valence-electron chi connectivity index (χ2n) is 5.11. The van der Waals surface area contributed by atoms with Crippen LogP contribution in [0.15, 0.2) is 0 Å². The van der Waals surface area contributed by atoms with Gasteiger partial charge in [0.15, 0.2) is 9.04 Å². The number of nitrogens with one attached hydrogen (secondary N) is 2. The number of hydroxylamine groups is 1. The van der Waals surface area contributed by atoms with E-state index in [0.717, 1.165) is 26.1 Å². The monoisotopic (exact) mass is 310 g/mol. The SMILES string of the molecule is CCCNCCNO[Si](O)(CO[SiH](C)C)[SiH](C)C. The summed E-state index contributed by atoms with van der Waals surface area (Å²) in [6.07, 6.45) is 1.56. The predicted molar refractivity (Wildman–Crippen MR) is 83.9 cm³/mol. The second-order valence-corrected chi connectivity index (χ2v) is 18.2. The summed E-state index contributed by atoms with van der Waals surface area (Å²) >= 11 is 0. The Balaban J connectivity index is 3.88. The molecule has 0 aliphatic carbocycles. The molecule has 0 aromatic heterocycles. The zero-order valence-electron chi connectivity index (χ0n) is 12.5. The van der Waals surface area contributed by atoms with Crippen LogP contribution in [0.25, 0.3) is 0 Å². The van der Waals surface area contributed by atoms with Gasteiger partial charge in [0.05, 0.1) is 14.5 Å². The van der Waals surface area contributed by atoms with Crippen LogP contribution in [0.4, 0.5) is 0 Å². The van der Waals surface area contributed by atoms with Crippen molar-refractivity contribution in [2.45, 2.75) is 39.5 Å². The lowest BCUT2D eigenvalue weighted by molar-refractivity contribution is 0.134. The van der Waals surface area contributed by atoms with Crippen LogP contribution in [-0.4, -0.2) is 56.1 Å². The molecule has 1 unspecified atom stereocenters. The van der Waals surface area contributed by atoms with Gasteiger partial charge in [-0.05, 0) is 26.1 Å². The molecule has 0 saturated heterocycles. The molecule has 110 valence electrons. The van der Waals surface area contributed by atoms with E-state index >= 15 is 0 Å². The van der Waals surface area contributed by atoms with E-state index < -0.39 is 25.4 Å². The summed E-state index contributed by atoms with van der Waals surface area (Å²) in [5.41, 5.74) is 2.91. The Morgan fingerprint density at radius 3 is 2.28 bits per heavy atom. The molecule has 0 aliphatic rings. The van der Waals surface area contributed by atoms with Crippen molar-refractivity contribution in [2.75, 3.05) is 25.9 Å². The van der Waals surface area contributed by atoms with Crippen LogP contribution in [-0.2, 0) is 8.95 Å². The normalized spacial score (nSPS) is 15.3. The highest BCUT2D eigenvalue weighted by atomic mass is 29.3. The molecular formula is C10H30N2O3Si3. The molecule has 8 heteroatoms. The first-order chi connectivity index (χ1) is 8.42. The average Bonchev–Trinajstić information content (AvgIpc) is 2.31. The standard InChI is InChI=1S/C10H30N2O3Si3/c1-6-7-11-8-9-12-15-18(13,17(4)5)10-14-16(2)3/h11-13,16-17H,6-10H2,1-5H3. The van der Waals surface area contributed by atoms with Crippen molar-refractivity contribution in [2.24, 2.45) is 0 Å². The Labute approximate surface area is 116 Å². The van der Waals surface area contributed by atoms with Crippen LogP contribution in [0.3, 0.4) is 0 Å². The van der Waals surface area contributed by atoms with Gasteiger partial charge in [-0.1, -0.05) is 20.0 Å². The first kappa shape index (κ1) is 18.5. The van der Waals surface area contributed by atoms with Crippen molar-refractivity contribution in [3.63, 3.8) is 0 Å². The van der Waals surface area contributed by atoms with Crippen LogP contribution in [0.2, 0.25) is 26.2 Å². The van der Waals surface area contributed by atoms with Gasteiger partial charge in [-0.3, -0.25) is 0 Å². The summed E-state index contributed by atoms with van der Waals surface area (Å²) in [5.74, 6) is 0. The van der Waals surface area contributed by atoms with E-state index in [9.17, 15) is 4.80 Å². The van der Waals surface area contributed by atoms with E-state index in [0.29, 0.717) is 6.23 Å². The molecule has 3 N–H and O–H groups in total. The van der Waals surface area contributed by atoms with E-state index in [-0.39, 0.29) is 0 Å². The number of rotatable bonds is 11. The maximum Gasteiger partial charge on any atom is 0.353 e. The smallest absolute Gasteiger partial charge is 0.353 e. The van der Waals surface area contributed by atoms with Crippen LogP contribution < -0.4 is 10.8 Å². The molecule has 0 rings (SSSR count). The van der Waals surface area contributed by atoms with Crippen molar-refractivity contribution in [1.29, 1.82) is 0 Å². The van der Waals surface area contributed by atoms with Gasteiger partial charge in [-0.2, -0.15) is 0 Å². The first-order valence-electron chi connectivity index (χ1n) is 6.88. The minimum absolute atomic E-state index is 0.427. The van der Waals surface area contributed by atoms with E-state index in [4.69, 9.17) is 8.95 Å². The predicted octanol–water partition coefficient (Wildman–Crippen LogP) is 0.0460. The van der Waals surface area contributed by atoms with Gasteiger partial charge in [0, 0.05) is 13.1 Å². The summed E-state index contributed by atoms with van der Waals surface area (Å²) in [6.45, 7) is 13.2.